The number of methoxy groups -OCH3 is 1. The third kappa shape index (κ3) is 3.54. The molecule has 0 aliphatic rings. The third-order valence-electron chi connectivity index (χ3n) is 2.72. The second-order valence-corrected chi connectivity index (χ2v) is 5.13. The molecule has 1 aromatic carbocycles. The third-order valence-corrected chi connectivity index (χ3v) is 3.50. The molecule has 1 heterocycles. The molecule has 0 radical (unpaired) electrons. The van der Waals surface area contributed by atoms with Crippen molar-refractivity contribution >= 4 is 17.2 Å². The SMILES string of the molecule is COc1ccccc1CCNC(=O)c1csc(C)n1. The van der Waals surface area contributed by atoms with Gasteiger partial charge in [-0.05, 0) is 25.0 Å². The first kappa shape index (κ1) is 13.5. The van der Waals surface area contributed by atoms with Crippen LogP contribution in [0.5, 0.6) is 5.75 Å². The molecule has 0 aliphatic heterocycles. The Kier molecular flexibility index (Phi) is 4.52. The molecule has 100 valence electrons. The van der Waals surface area contributed by atoms with E-state index in [2.05, 4.69) is 10.3 Å². The highest BCUT2D eigenvalue weighted by Crippen LogP contribution is 2.17. The molecule has 0 unspecified atom stereocenters. The van der Waals surface area contributed by atoms with E-state index in [1.165, 1.54) is 11.3 Å². The summed E-state index contributed by atoms with van der Waals surface area (Å²) >= 11 is 1.48. The number of amides is 1. The molecule has 1 N–H and O–H groups in total. The Bertz CT molecular complexity index is 566. The number of thiazole rings is 1. The minimum atomic E-state index is -0.126. The van der Waals surface area contributed by atoms with Gasteiger partial charge in [-0.2, -0.15) is 0 Å². The maximum atomic E-state index is 11.8. The van der Waals surface area contributed by atoms with Crippen LogP contribution in [-0.4, -0.2) is 24.5 Å². The molecule has 0 aliphatic carbocycles. The van der Waals surface area contributed by atoms with Gasteiger partial charge in [-0.15, -0.1) is 11.3 Å². The quantitative estimate of drug-likeness (QED) is 0.912. The van der Waals surface area contributed by atoms with Crippen molar-refractivity contribution in [2.24, 2.45) is 0 Å². The second-order valence-electron chi connectivity index (χ2n) is 4.07. The van der Waals surface area contributed by atoms with Crippen LogP contribution in [-0.2, 0) is 6.42 Å². The monoisotopic (exact) mass is 276 g/mol. The summed E-state index contributed by atoms with van der Waals surface area (Å²) in [5.74, 6) is 0.723. The lowest BCUT2D eigenvalue weighted by molar-refractivity contribution is 0.0949. The van der Waals surface area contributed by atoms with Crippen LogP contribution >= 0.6 is 11.3 Å². The molecule has 1 aromatic heterocycles. The van der Waals surface area contributed by atoms with Crippen molar-refractivity contribution in [1.29, 1.82) is 0 Å². The molecule has 0 saturated heterocycles. The van der Waals surface area contributed by atoms with Crippen LogP contribution in [0.2, 0.25) is 0 Å². The number of ether oxygens (including phenoxy) is 1. The van der Waals surface area contributed by atoms with Crippen LogP contribution in [0, 0.1) is 6.92 Å². The van der Waals surface area contributed by atoms with Gasteiger partial charge in [-0.1, -0.05) is 18.2 Å². The first-order valence-corrected chi connectivity index (χ1v) is 6.91. The maximum absolute atomic E-state index is 11.8. The number of para-hydroxylation sites is 1. The van der Waals surface area contributed by atoms with Crippen LogP contribution in [0.25, 0.3) is 0 Å². The molecule has 1 amide bonds. The summed E-state index contributed by atoms with van der Waals surface area (Å²) in [6.45, 7) is 2.45. The van der Waals surface area contributed by atoms with Gasteiger partial charge in [0, 0.05) is 11.9 Å². The van der Waals surface area contributed by atoms with E-state index < -0.39 is 0 Å². The molecular weight excluding hydrogens is 260 g/mol. The van der Waals surface area contributed by atoms with E-state index in [1.807, 2.05) is 31.2 Å². The fourth-order valence-electron chi connectivity index (χ4n) is 1.78. The summed E-state index contributed by atoms with van der Waals surface area (Å²) in [4.78, 5) is 16.0. The Morgan fingerprint density at radius 2 is 2.21 bits per heavy atom. The summed E-state index contributed by atoms with van der Waals surface area (Å²) in [7, 11) is 1.65. The van der Waals surface area contributed by atoms with Gasteiger partial charge in [0.25, 0.3) is 5.91 Å². The largest absolute Gasteiger partial charge is 0.496 e. The Morgan fingerprint density at radius 3 is 2.89 bits per heavy atom. The average molecular weight is 276 g/mol. The zero-order valence-corrected chi connectivity index (χ0v) is 11.8. The van der Waals surface area contributed by atoms with E-state index in [0.29, 0.717) is 12.2 Å². The number of aromatic nitrogens is 1. The number of hydrogen-bond donors (Lipinski definition) is 1. The number of hydrogen-bond acceptors (Lipinski definition) is 4. The Morgan fingerprint density at radius 1 is 1.42 bits per heavy atom. The van der Waals surface area contributed by atoms with Gasteiger partial charge >= 0.3 is 0 Å². The Balaban J connectivity index is 1.88. The van der Waals surface area contributed by atoms with Gasteiger partial charge in [0.2, 0.25) is 0 Å². The number of carbonyl (C=O) groups excluding carboxylic acids is 1. The average Bonchev–Trinajstić information content (AvgIpc) is 2.86. The van der Waals surface area contributed by atoms with Crippen LogP contribution < -0.4 is 10.1 Å². The fraction of sp³-hybridized carbons (Fsp3) is 0.286. The van der Waals surface area contributed by atoms with Crippen molar-refractivity contribution in [1.82, 2.24) is 10.3 Å². The topological polar surface area (TPSA) is 51.2 Å². The highest BCUT2D eigenvalue weighted by atomic mass is 32.1. The maximum Gasteiger partial charge on any atom is 0.270 e. The van der Waals surface area contributed by atoms with Crippen molar-refractivity contribution in [3.63, 3.8) is 0 Å². The Labute approximate surface area is 116 Å². The highest BCUT2D eigenvalue weighted by Gasteiger charge is 2.09. The van der Waals surface area contributed by atoms with Crippen molar-refractivity contribution in [3.8, 4) is 5.75 Å². The summed E-state index contributed by atoms with van der Waals surface area (Å²) < 4.78 is 5.27. The molecule has 0 saturated carbocycles. The van der Waals surface area contributed by atoms with Crippen molar-refractivity contribution < 1.29 is 9.53 Å². The van der Waals surface area contributed by atoms with Crippen LogP contribution in [0.15, 0.2) is 29.6 Å². The number of nitrogens with one attached hydrogen (secondary N) is 1. The smallest absolute Gasteiger partial charge is 0.270 e. The van der Waals surface area contributed by atoms with Gasteiger partial charge in [0.1, 0.15) is 11.4 Å². The van der Waals surface area contributed by atoms with E-state index in [0.717, 1.165) is 22.7 Å². The summed E-state index contributed by atoms with van der Waals surface area (Å²) in [6, 6.07) is 7.81. The molecule has 0 bridgehead atoms. The minimum absolute atomic E-state index is 0.126. The number of nitrogens with zero attached hydrogens (tertiary/aromatic N) is 1. The summed E-state index contributed by atoms with van der Waals surface area (Å²) in [6.07, 6.45) is 0.735. The lowest BCUT2D eigenvalue weighted by atomic mass is 10.1. The van der Waals surface area contributed by atoms with E-state index >= 15 is 0 Å². The van der Waals surface area contributed by atoms with Crippen molar-refractivity contribution in [3.05, 3.63) is 45.9 Å². The normalized spacial score (nSPS) is 10.2. The first-order chi connectivity index (χ1) is 9.20. The molecule has 4 nitrogen and oxygen atoms in total. The lowest BCUT2D eigenvalue weighted by Crippen LogP contribution is -2.26. The van der Waals surface area contributed by atoms with E-state index in [4.69, 9.17) is 4.74 Å². The van der Waals surface area contributed by atoms with E-state index in [9.17, 15) is 4.79 Å². The molecule has 0 atom stereocenters. The molecule has 2 rings (SSSR count). The van der Waals surface area contributed by atoms with Gasteiger partial charge in [0.05, 0.1) is 12.1 Å². The number of benzene rings is 1. The molecule has 0 spiro atoms. The molecule has 19 heavy (non-hydrogen) atoms. The lowest BCUT2D eigenvalue weighted by Gasteiger charge is -2.08. The highest BCUT2D eigenvalue weighted by molar-refractivity contribution is 7.09. The minimum Gasteiger partial charge on any atom is -0.496 e. The second kappa shape index (κ2) is 6.33. The zero-order chi connectivity index (χ0) is 13.7. The Hall–Kier alpha value is -1.88. The predicted octanol–water partition coefficient (Wildman–Crippen LogP) is 2.43. The van der Waals surface area contributed by atoms with Gasteiger partial charge in [0.15, 0.2) is 0 Å². The van der Waals surface area contributed by atoms with Crippen LogP contribution in [0.1, 0.15) is 21.1 Å². The van der Waals surface area contributed by atoms with E-state index in [1.54, 1.807) is 12.5 Å². The van der Waals surface area contributed by atoms with Gasteiger partial charge < -0.3 is 10.1 Å². The zero-order valence-electron chi connectivity index (χ0n) is 11.0. The van der Waals surface area contributed by atoms with Gasteiger partial charge in [-0.3, -0.25) is 4.79 Å². The van der Waals surface area contributed by atoms with Crippen LogP contribution in [0.4, 0.5) is 0 Å². The first-order valence-electron chi connectivity index (χ1n) is 6.03. The molecule has 2 aromatic rings. The molecule has 0 fully saturated rings. The van der Waals surface area contributed by atoms with Gasteiger partial charge in [-0.25, -0.2) is 4.98 Å². The van der Waals surface area contributed by atoms with Crippen molar-refractivity contribution in [2.45, 2.75) is 13.3 Å². The molecule has 5 heteroatoms. The van der Waals surface area contributed by atoms with Crippen LogP contribution in [0.3, 0.4) is 0 Å². The van der Waals surface area contributed by atoms with E-state index in [-0.39, 0.29) is 5.91 Å². The number of rotatable bonds is 5. The summed E-state index contributed by atoms with van der Waals surface area (Å²) in [5.41, 5.74) is 1.57. The predicted molar refractivity (Wildman–Crippen MR) is 75.9 cm³/mol. The molecular formula is C14H16N2O2S. The number of aryl methyl sites for hydroxylation is 1. The summed E-state index contributed by atoms with van der Waals surface area (Å²) in [5, 5.41) is 5.53. The van der Waals surface area contributed by atoms with Crippen molar-refractivity contribution in [2.75, 3.05) is 13.7 Å². The fourth-order valence-corrected chi connectivity index (χ4v) is 2.37. The standard InChI is InChI=1S/C14H16N2O2S/c1-10-16-12(9-19-10)14(17)15-8-7-11-5-3-4-6-13(11)18-2/h3-6,9H,7-8H2,1-2H3,(H,15,17). The number of carbonyl (C=O) groups is 1.